The van der Waals surface area contributed by atoms with Crippen molar-refractivity contribution < 1.29 is 66.8 Å². The van der Waals surface area contributed by atoms with Crippen molar-refractivity contribution in [2.45, 2.75) is 83.0 Å². The van der Waals surface area contributed by atoms with E-state index < -0.39 is 88.6 Å². The zero-order chi connectivity index (χ0) is 74.0. The monoisotopic (exact) mass is 1390 g/mol. The Morgan fingerprint density at radius 2 is 1.18 bits per heavy atom. The quantitative estimate of drug-likeness (QED) is 0.00485. The van der Waals surface area contributed by atoms with Gasteiger partial charge in [-0.1, -0.05) is 26.0 Å². The highest BCUT2D eigenvalue weighted by molar-refractivity contribution is 6.12. The molecule has 6 amide bonds. The van der Waals surface area contributed by atoms with Crippen molar-refractivity contribution in [3.8, 4) is 44.9 Å². The fraction of sp³-hybridized carbons (Fsp3) is 0.351. The molecule has 9 rings (SSSR count). The van der Waals surface area contributed by atoms with Crippen LogP contribution < -0.4 is 88.9 Å². The van der Waals surface area contributed by atoms with Gasteiger partial charge >= 0.3 is 5.91 Å². The zero-order valence-corrected chi connectivity index (χ0v) is 58.8. The molecular formula is C74H88N15O13+. The van der Waals surface area contributed by atoms with Crippen LogP contribution >= 0.6 is 0 Å². The number of imide groups is 1. The summed E-state index contributed by atoms with van der Waals surface area (Å²) in [5.74, 6) is -8.25. The maximum absolute atomic E-state index is 15.3. The fourth-order valence-corrected chi connectivity index (χ4v) is 12.8. The van der Waals surface area contributed by atoms with Gasteiger partial charge in [0.2, 0.25) is 28.4 Å². The number of hydrogen-bond donors (Lipinski definition) is 10. The molecule has 5 atom stereocenters. The van der Waals surface area contributed by atoms with Crippen LogP contribution in [-0.4, -0.2) is 171 Å². The van der Waals surface area contributed by atoms with Gasteiger partial charge in [0.15, 0.2) is 18.3 Å². The molecule has 102 heavy (non-hydrogen) atoms. The number of fused-ring (bicyclic) bond motifs is 4. The number of carboxylic acids is 2. The van der Waals surface area contributed by atoms with E-state index in [4.69, 9.17) is 25.7 Å². The molecule has 12 N–H and O–H groups in total. The van der Waals surface area contributed by atoms with E-state index in [2.05, 4.69) is 37.5 Å². The number of carbonyl (C=O) groups excluding carboxylic acids is 9. The lowest BCUT2D eigenvalue weighted by molar-refractivity contribution is -0.903. The first kappa shape index (κ1) is 75.0. The molecule has 536 valence electrons. The smallest absolute Gasteiger partial charge is 0.352 e. The van der Waals surface area contributed by atoms with Gasteiger partial charge in [-0.05, 0) is 116 Å². The number of anilines is 2. The van der Waals surface area contributed by atoms with Crippen molar-refractivity contribution in [2.24, 2.45) is 17.4 Å². The Balaban J connectivity index is 0.923. The van der Waals surface area contributed by atoms with Gasteiger partial charge < -0.3 is 65.9 Å². The lowest BCUT2D eigenvalue weighted by atomic mass is 9.89. The Labute approximate surface area is 589 Å². The first-order valence-electron chi connectivity index (χ1n) is 33.6. The molecule has 4 aromatic rings. The van der Waals surface area contributed by atoms with Gasteiger partial charge in [0.05, 0.1) is 30.6 Å². The highest BCUT2D eigenvalue weighted by Gasteiger charge is 2.54. The largest absolute Gasteiger partial charge is 0.545 e. The molecule has 4 aromatic carbocycles. The summed E-state index contributed by atoms with van der Waals surface area (Å²) in [4.78, 5) is 129. The minimum atomic E-state index is -1.60. The van der Waals surface area contributed by atoms with Crippen molar-refractivity contribution in [3.05, 3.63) is 142 Å². The van der Waals surface area contributed by atoms with E-state index in [9.17, 15) is 48.6 Å². The van der Waals surface area contributed by atoms with Crippen LogP contribution in [0.1, 0.15) is 100 Å². The fourth-order valence-electron chi connectivity index (χ4n) is 12.8. The van der Waals surface area contributed by atoms with Crippen LogP contribution in [-0.2, 0) is 24.0 Å². The number of likely N-dealkylation sites (tertiary alicyclic amines) is 1. The third-order valence-electron chi connectivity index (χ3n) is 18.3. The van der Waals surface area contributed by atoms with Crippen molar-refractivity contribution in [1.29, 1.82) is 5.41 Å². The average molecular weight is 1400 g/mol. The number of aromatic carboxylic acids is 2. The first-order valence-corrected chi connectivity index (χ1v) is 33.6. The van der Waals surface area contributed by atoms with Gasteiger partial charge in [-0.2, -0.15) is 4.59 Å². The van der Waals surface area contributed by atoms with E-state index >= 15 is 4.79 Å². The van der Waals surface area contributed by atoms with E-state index in [0.29, 0.717) is 81.3 Å². The third-order valence-corrected chi connectivity index (χ3v) is 18.3. The minimum absolute atomic E-state index is 0.00143. The van der Waals surface area contributed by atoms with E-state index in [1.165, 1.54) is 30.3 Å². The second kappa shape index (κ2) is 32.4. The standard InChI is InChI=1S/C74H87N15O13/c1-41(2)66(82-83-68(93)43-19-25-50(56(34-43)73(99)100)65-53-28-22-46(87(7)8)37-61(53)102-62-38-47(88(9)10)23-29-54(62)65)71(96)89(32-14-15-48(89)40-90)84-58(17-13-31-78-74(76)77)69(94)79-39-63(91)80-57(16-11-12-30-75)70(95)81-67(92)42-18-24-49(55(33-42)72(97)98)64-51-26-20-44(85(3)4)35-59(51)101-60-36-45(86(5)6)21-27-52(60)64/h18-29,33-38,40-41,48,57-58,66,84H,11-17,30-32,39,75H2,1-10H3,(H8-2,76,77,78,79,80,81,91,92,93,94,95,97,98,99,100)/p+1/t48-,57-,58-,66-,89?/m0/s1. The summed E-state index contributed by atoms with van der Waals surface area (Å²) in [5, 5.41) is 47.0. The highest BCUT2D eigenvalue weighted by Crippen LogP contribution is 2.44. The number of hydrazine groups is 1. The van der Waals surface area contributed by atoms with Crippen molar-refractivity contribution >= 4 is 92.9 Å². The number of nitrogens with zero attached hydrogens (tertiary/aromatic N) is 5. The summed E-state index contributed by atoms with van der Waals surface area (Å²) in [5.41, 5.74) is 24.3. The Hall–Kier alpha value is -11.2. The van der Waals surface area contributed by atoms with Gasteiger partial charge in [0, 0.05) is 138 Å². The second-order valence-electron chi connectivity index (χ2n) is 26.6. The van der Waals surface area contributed by atoms with Crippen molar-refractivity contribution in [2.75, 3.05) is 92.4 Å². The molecule has 28 heteroatoms. The van der Waals surface area contributed by atoms with E-state index in [-0.39, 0.29) is 84.7 Å². The number of quaternary nitrogens is 1. The summed E-state index contributed by atoms with van der Waals surface area (Å²) in [7, 11) is 15.0. The maximum atomic E-state index is 15.3. The predicted octanol–water partition coefficient (Wildman–Crippen LogP) is 1.43. The molecule has 0 radical (unpaired) electrons. The number of unbranched alkanes of at least 4 members (excludes halogenated alkanes) is 1. The number of rotatable bonds is 28. The number of benzene rings is 6. The number of carbonyl (C=O) groups is 9. The molecule has 3 aliphatic heterocycles. The number of carboxylic acid groups (broad SMARTS) is 2. The highest BCUT2D eigenvalue weighted by atomic mass is 16.4. The van der Waals surface area contributed by atoms with Gasteiger partial charge in [-0.25, -0.2) is 19.4 Å². The van der Waals surface area contributed by atoms with Crippen molar-refractivity contribution in [1.82, 2.24) is 46.7 Å². The van der Waals surface area contributed by atoms with Gasteiger partial charge in [0.1, 0.15) is 75.5 Å². The summed E-state index contributed by atoms with van der Waals surface area (Å²) in [6, 6.07) is 25.2. The Kier molecular flexibility index (Phi) is 23.8. The van der Waals surface area contributed by atoms with E-state index in [1.54, 1.807) is 13.8 Å². The number of aldehydes is 1. The van der Waals surface area contributed by atoms with Gasteiger partial charge in [-0.3, -0.25) is 44.9 Å². The number of amides is 6. The van der Waals surface area contributed by atoms with Crippen LogP contribution in [0.4, 0.5) is 11.4 Å². The van der Waals surface area contributed by atoms with Gasteiger partial charge in [-0.15, -0.1) is 5.43 Å². The first-order chi connectivity index (χ1) is 48.5. The number of hydrogen-bond acceptors (Lipinski definition) is 19. The molecule has 3 heterocycles. The molecule has 0 saturated carbocycles. The molecule has 1 saturated heterocycles. The van der Waals surface area contributed by atoms with Crippen LogP contribution in [0.5, 0.6) is 0 Å². The number of guanidine groups is 1. The topological polar surface area (TPSA) is 399 Å². The molecule has 0 spiro atoms. The maximum Gasteiger partial charge on any atom is 0.352 e. The molecule has 28 nitrogen and oxygen atoms in total. The van der Waals surface area contributed by atoms with Crippen LogP contribution in [0, 0.1) is 11.3 Å². The molecule has 1 unspecified atom stereocenters. The molecule has 5 aliphatic rings. The van der Waals surface area contributed by atoms with Crippen molar-refractivity contribution in [3.63, 3.8) is 0 Å². The molecule has 0 aromatic heterocycles. The Morgan fingerprint density at radius 3 is 1.66 bits per heavy atom. The summed E-state index contributed by atoms with van der Waals surface area (Å²) in [6.45, 7) is 3.01. The number of nitrogens with one attached hydrogen (secondary N) is 8. The third kappa shape index (κ3) is 16.6. The number of nitrogens with two attached hydrogens (primary N) is 2. The second-order valence-corrected chi connectivity index (χ2v) is 26.6. The van der Waals surface area contributed by atoms with Crippen LogP contribution in [0.25, 0.3) is 66.8 Å². The molecule has 0 bridgehead atoms. The average Bonchev–Trinajstić information content (AvgIpc) is 0.904. The zero-order valence-electron chi connectivity index (χ0n) is 58.8. The molecular weight excluding hydrogens is 1310 g/mol. The summed E-state index contributed by atoms with van der Waals surface area (Å²) >= 11 is 0. The molecule has 1 fully saturated rings. The normalized spacial score (nSPS) is 15.1. The van der Waals surface area contributed by atoms with E-state index in [0.717, 1.165) is 28.2 Å². The van der Waals surface area contributed by atoms with E-state index in [1.807, 2.05) is 148 Å². The SMILES string of the molecule is CC(C)[C@H](NNC(=O)c1ccc(-c2c3ccc(=[N+](C)C)cc-3oc3cc(N(C)C)ccc23)c(C(=O)[O-])c1)C(=O)[N+]1(N[C@@H](CCCNC(=N)N)C(=O)NCC(=O)N[C@@H](CCCCN)C(=O)NC(=O)c2ccc(-c3c4ccc(=[N+](C)C)cc-4oc4cc(N(C)C)ccc34)c(C(=O)[O-])c2)CCC[C@H]1C=O. The van der Waals surface area contributed by atoms with Crippen LogP contribution in [0.15, 0.2) is 118 Å². The summed E-state index contributed by atoms with van der Waals surface area (Å²) < 4.78 is 15.9. The van der Waals surface area contributed by atoms with Crippen LogP contribution in [0.2, 0.25) is 0 Å². The predicted molar refractivity (Wildman–Crippen MR) is 383 cm³/mol. The minimum Gasteiger partial charge on any atom is -0.545 e. The lowest BCUT2D eigenvalue weighted by Crippen LogP contribution is -2.73. The Bertz CT molecular complexity index is 4680. The van der Waals surface area contributed by atoms with Gasteiger partial charge in [0.25, 0.3) is 11.8 Å². The Morgan fingerprint density at radius 1 is 0.657 bits per heavy atom. The molecule has 2 aliphatic carbocycles. The van der Waals surface area contributed by atoms with Crippen LogP contribution in [0.3, 0.4) is 0 Å². The summed E-state index contributed by atoms with van der Waals surface area (Å²) in [6.07, 6.45) is 2.00. The lowest BCUT2D eigenvalue weighted by Gasteiger charge is -2.40.